The molecule has 1 saturated heterocycles. The summed E-state index contributed by atoms with van der Waals surface area (Å²) in [6, 6.07) is 13.9. The standard InChI is InChI=1S/C19H20Cl2N2O3S/c20-16-6-2-1-5-15(16)9-10-19(24)22-11-13-23(14-12-22)27(25,26)18-8-4-3-7-17(18)21/h1-8H,9-14H2. The molecule has 2 aromatic carbocycles. The van der Waals surface area contributed by atoms with Crippen molar-refractivity contribution in [2.75, 3.05) is 26.2 Å². The highest BCUT2D eigenvalue weighted by molar-refractivity contribution is 7.89. The third-order valence-corrected chi connectivity index (χ3v) is 7.38. The third-order valence-electron chi connectivity index (χ3n) is 4.61. The molecule has 0 aliphatic carbocycles. The number of nitrogens with zero attached hydrogens (tertiary/aromatic N) is 2. The summed E-state index contributed by atoms with van der Waals surface area (Å²) >= 11 is 12.2. The molecule has 0 radical (unpaired) electrons. The number of aryl methyl sites for hydroxylation is 1. The van der Waals surface area contributed by atoms with E-state index in [2.05, 4.69) is 0 Å². The van der Waals surface area contributed by atoms with Gasteiger partial charge in [0.2, 0.25) is 15.9 Å². The summed E-state index contributed by atoms with van der Waals surface area (Å²) in [6.07, 6.45) is 0.914. The molecule has 27 heavy (non-hydrogen) atoms. The Morgan fingerprint density at radius 3 is 2.11 bits per heavy atom. The summed E-state index contributed by atoms with van der Waals surface area (Å²) in [7, 11) is -3.66. The maximum absolute atomic E-state index is 12.8. The first-order valence-electron chi connectivity index (χ1n) is 8.65. The minimum Gasteiger partial charge on any atom is -0.340 e. The predicted molar refractivity (Wildman–Crippen MR) is 107 cm³/mol. The van der Waals surface area contributed by atoms with Crippen molar-refractivity contribution in [3.8, 4) is 0 Å². The van der Waals surface area contributed by atoms with Crippen molar-refractivity contribution in [2.45, 2.75) is 17.7 Å². The van der Waals surface area contributed by atoms with Gasteiger partial charge in [-0.15, -0.1) is 0 Å². The van der Waals surface area contributed by atoms with Crippen LogP contribution in [0.2, 0.25) is 10.0 Å². The molecule has 1 aliphatic rings. The smallest absolute Gasteiger partial charge is 0.244 e. The van der Waals surface area contributed by atoms with E-state index in [-0.39, 0.29) is 28.9 Å². The molecule has 0 bridgehead atoms. The zero-order valence-electron chi connectivity index (χ0n) is 14.6. The molecule has 0 N–H and O–H groups in total. The van der Waals surface area contributed by atoms with Crippen LogP contribution < -0.4 is 0 Å². The fourth-order valence-electron chi connectivity index (χ4n) is 3.07. The van der Waals surface area contributed by atoms with Gasteiger partial charge in [-0.2, -0.15) is 4.31 Å². The zero-order chi connectivity index (χ0) is 19.4. The first-order chi connectivity index (χ1) is 12.9. The summed E-state index contributed by atoms with van der Waals surface area (Å²) in [6.45, 7) is 1.24. The molecule has 1 heterocycles. The number of carbonyl (C=O) groups excluding carboxylic acids is 1. The molecule has 0 spiro atoms. The van der Waals surface area contributed by atoms with E-state index in [9.17, 15) is 13.2 Å². The van der Waals surface area contributed by atoms with Crippen LogP contribution in [-0.2, 0) is 21.2 Å². The Morgan fingerprint density at radius 2 is 1.48 bits per heavy atom. The van der Waals surface area contributed by atoms with Gasteiger partial charge in [0.15, 0.2) is 0 Å². The minimum absolute atomic E-state index is 0.00436. The van der Waals surface area contributed by atoms with Gasteiger partial charge in [0, 0.05) is 37.6 Å². The van der Waals surface area contributed by atoms with E-state index in [0.717, 1.165) is 5.56 Å². The third kappa shape index (κ3) is 4.63. The van der Waals surface area contributed by atoms with Crippen molar-refractivity contribution in [3.05, 3.63) is 64.1 Å². The molecule has 0 aromatic heterocycles. The molecule has 5 nitrogen and oxygen atoms in total. The highest BCUT2D eigenvalue weighted by Gasteiger charge is 2.31. The molecule has 0 unspecified atom stereocenters. The number of benzene rings is 2. The van der Waals surface area contributed by atoms with Gasteiger partial charge in [-0.1, -0.05) is 53.5 Å². The number of piperazine rings is 1. The SMILES string of the molecule is O=C(CCc1ccccc1Cl)N1CCN(S(=O)(=O)c2ccccc2Cl)CC1. The van der Waals surface area contributed by atoms with E-state index in [4.69, 9.17) is 23.2 Å². The van der Waals surface area contributed by atoms with Crippen LogP contribution in [0.25, 0.3) is 0 Å². The van der Waals surface area contributed by atoms with E-state index < -0.39 is 10.0 Å². The second-order valence-electron chi connectivity index (χ2n) is 6.31. The second kappa shape index (κ2) is 8.61. The fraction of sp³-hybridized carbons (Fsp3) is 0.316. The van der Waals surface area contributed by atoms with Crippen LogP contribution >= 0.6 is 23.2 Å². The van der Waals surface area contributed by atoms with Crippen molar-refractivity contribution in [2.24, 2.45) is 0 Å². The zero-order valence-corrected chi connectivity index (χ0v) is 17.0. The molecule has 8 heteroatoms. The predicted octanol–water partition coefficient (Wildman–Crippen LogP) is 3.46. The van der Waals surface area contributed by atoms with Gasteiger partial charge in [-0.3, -0.25) is 4.79 Å². The van der Waals surface area contributed by atoms with Crippen LogP contribution in [0.3, 0.4) is 0 Å². The Hall–Kier alpha value is -1.60. The Balaban J connectivity index is 1.58. The van der Waals surface area contributed by atoms with E-state index in [1.54, 1.807) is 29.2 Å². The normalized spacial score (nSPS) is 15.7. The quantitative estimate of drug-likeness (QED) is 0.735. The van der Waals surface area contributed by atoms with Gasteiger partial charge >= 0.3 is 0 Å². The summed E-state index contributed by atoms with van der Waals surface area (Å²) in [5, 5.41) is 0.858. The molecule has 3 rings (SSSR count). The average molecular weight is 427 g/mol. The largest absolute Gasteiger partial charge is 0.340 e. The van der Waals surface area contributed by atoms with Crippen LogP contribution in [0, 0.1) is 0 Å². The molecular formula is C19H20Cl2N2O3S. The van der Waals surface area contributed by atoms with Gasteiger partial charge in [0.05, 0.1) is 5.02 Å². The molecule has 1 aliphatic heterocycles. The van der Waals surface area contributed by atoms with E-state index >= 15 is 0 Å². The Morgan fingerprint density at radius 1 is 0.889 bits per heavy atom. The average Bonchev–Trinajstić information content (AvgIpc) is 2.67. The lowest BCUT2D eigenvalue weighted by Gasteiger charge is -2.34. The van der Waals surface area contributed by atoms with Crippen LogP contribution in [0.5, 0.6) is 0 Å². The topological polar surface area (TPSA) is 57.7 Å². The lowest BCUT2D eigenvalue weighted by molar-refractivity contribution is -0.132. The number of carbonyl (C=O) groups is 1. The van der Waals surface area contributed by atoms with Crippen molar-refractivity contribution in [1.82, 2.24) is 9.21 Å². The number of hydrogen-bond donors (Lipinski definition) is 0. The molecular weight excluding hydrogens is 407 g/mol. The van der Waals surface area contributed by atoms with E-state index in [0.29, 0.717) is 31.0 Å². The van der Waals surface area contributed by atoms with Gasteiger partial charge in [0.1, 0.15) is 4.90 Å². The van der Waals surface area contributed by atoms with Crippen LogP contribution in [0.1, 0.15) is 12.0 Å². The molecule has 0 atom stereocenters. The highest BCUT2D eigenvalue weighted by Crippen LogP contribution is 2.25. The number of amides is 1. The Bertz CT molecular complexity index is 926. The van der Waals surface area contributed by atoms with Crippen LogP contribution in [-0.4, -0.2) is 49.7 Å². The molecule has 144 valence electrons. The van der Waals surface area contributed by atoms with Crippen molar-refractivity contribution >= 4 is 39.1 Å². The van der Waals surface area contributed by atoms with Crippen LogP contribution in [0.15, 0.2) is 53.4 Å². The summed E-state index contributed by atoms with van der Waals surface area (Å²) < 4.78 is 26.9. The Labute approximate surface area is 169 Å². The fourth-order valence-corrected chi connectivity index (χ4v) is 5.22. The number of rotatable bonds is 5. The summed E-state index contributed by atoms with van der Waals surface area (Å²) in [4.78, 5) is 14.3. The number of sulfonamides is 1. The molecule has 1 fully saturated rings. The number of hydrogen-bond acceptors (Lipinski definition) is 3. The minimum atomic E-state index is -3.66. The van der Waals surface area contributed by atoms with E-state index in [1.807, 2.05) is 18.2 Å². The molecule has 2 aromatic rings. The van der Waals surface area contributed by atoms with E-state index in [1.165, 1.54) is 10.4 Å². The maximum Gasteiger partial charge on any atom is 0.244 e. The van der Waals surface area contributed by atoms with Gasteiger partial charge in [-0.25, -0.2) is 8.42 Å². The van der Waals surface area contributed by atoms with Gasteiger partial charge < -0.3 is 4.90 Å². The van der Waals surface area contributed by atoms with Crippen molar-refractivity contribution in [1.29, 1.82) is 0 Å². The molecule has 1 amide bonds. The first kappa shape index (κ1) is 20.1. The van der Waals surface area contributed by atoms with Gasteiger partial charge in [-0.05, 0) is 30.2 Å². The highest BCUT2D eigenvalue weighted by atomic mass is 35.5. The van der Waals surface area contributed by atoms with Crippen LogP contribution in [0.4, 0.5) is 0 Å². The van der Waals surface area contributed by atoms with Gasteiger partial charge in [0.25, 0.3) is 0 Å². The lowest BCUT2D eigenvalue weighted by Crippen LogP contribution is -2.50. The summed E-state index contributed by atoms with van der Waals surface area (Å²) in [5.41, 5.74) is 0.937. The maximum atomic E-state index is 12.8. The van der Waals surface area contributed by atoms with Crippen molar-refractivity contribution < 1.29 is 13.2 Å². The lowest BCUT2D eigenvalue weighted by atomic mass is 10.1. The Kier molecular flexibility index (Phi) is 6.42. The van der Waals surface area contributed by atoms with Crippen molar-refractivity contribution in [3.63, 3.8) is 0 Å². The molecule has 0 saturated carbocycles. The monoisotopic (exact) mass is 426 g/mol. The summed E-state index contributed by atoms with van der Waals surface area (Å²) in [5.74, 6) is 0.00436. The first-order valence-corrected chi connectivity index (χ1v) is 10.8. The second-order valence-corrected chi connectivity index (χ2v) is 9.03. The number of halogens is 2.